The Balaban J connectivity index is 0.00000192. The SMILES string of the molecule is CN=C(NCC(C)(C)CN(C)C)N1CC2C3CCC(O3)C2C1.I. The molecule has 3 fully saturated rings. The lowest BCUT2D eigenvalue weighted by Crippen LogP contribution is -2.46. The van der Waals surface area contributed by atoms with Crippen molar-refractivity contribution in [2.75, 3.05) is 47.3 Å². The Kier molecular flexibility index (Phi) is 6.22. The minimum absolute atomic E-state index is 0. The average molecular weight is 436 g/mol. The highest BCUT2D eigenvalue weighted by Gasteiger charge is 2.53. The molecule has 3 aliphatic heterocycles. The smallest absolute Gasteiger partial charge is 0.193 e. The van der Waals surface area contributed by atoms with Gasteiger partial charge in [0.1, 0.15) is 0 Å². The average Bonchev–Trinajstić information content (AvgIpc) is 3.09. The Morgan fingerprint density at radius 3 is 2.26 bits per heavy atom. The van der Waals surface area contributed by atoms with E-state index in [9.17, 15) is 0 Å². The first kappa shape index (κ1) is 19.2. The summed E-state index contributed by atoms with van der Waals surface area (Å²) < 4.78 is 6.07. The number of fused-ring (bicyclic) bond motifs is 5. The number of hydrogen-bond acceptors (Lipinski definition) is 3. The molecule has 0 aromatic rings. The highest BCUT2D eigenvalue weighted by molar-refractivity contribution is 14.0. The number of likely N-dealkylation sites (tertiary alicyclic amines) is 1. The van der Waals surface area contributed by atoms with Crippen LogP contribution in [-0.2, 0) is 4.74 Å². The van der Waals surface area contributed by atoms with Crippen LogP contribution in [0.15, 0.2) is 4.99 Å². The molecule has 0 amide bonds. The van der Waals surface area contributed by atoms with Crippen LogP contribution < -0.4 is 5.32 Å². The molecule has 0 radical (unpaired) electrons. The number of halogens is 1. The van der Waals surface area contributed by atoms with Crippen molar-refractivity contribution in [3.05, 3.63) is 0 Å². The molecule has 0 aliphatic carbocycles. The number of aliphatic imine (C=N–C) groups is 1. The van der Waals surface area contributed by atoms with Gasteiger partial charge in [0.2, 0.25) is 0 Å². The minimum Gasteiger partial charge on any atom is -0.374 e. The van der Waals surface area contributed by atoms with Gasteiger partial charge in [-0.1, -0.05) is 13.8 Å². The monoisotopic (exact) mass is 436 g/mol. The lowest BCUT2D eigenvalue weighted by Gasteiger charge is -2.31. The highest BCUT2D eigenvalue weighted by atomic mass is 127. The van der Waals surface area contributed by atoms with E-state index in [0.717, 1.165) is 44.0 Å². The van der Waals surface area contributed by atoms with Gasteiger partial charge in [-0.2, -0.15) is 0 Å². The van der Waals surface area contributed by atoms with E-state index in [-0.39, 0.29) is 29.4 Å². The Hall–Kier alpha value is -0.0800. The van der Waals surface area contributed by atoms with E-state index in [1.807, 2.05) is 7.05 Å². The molecular weight excluding hydrogens is 403 g/mol. The first-order chi connectivity index (χ1) is 10.4. The van der Waals surface area contributed by atoms with Crippen LogP contribution in [0.25, 0.3) is 0 Å². The largest absolute Gasteiger partial charge is 0.374 e. The number of nitrogens with zero attached hydrogens (tertiary/aromatic N) is 3. The standard InChI is InChI=1S/C17H32N4O.HI/c1-17(2,11-20(4)5)10-19-16(18-3)21-8-12-13(9-21)15-7-6-14(12)22-15;/h12-15H,6-11H2,1-5H3,(H,18,19);1H. The van der Waals surface area contributed by atoms with Gasteiger partial charge in [0.05, 0.1) is 12.2 Å². The maximum atomic E-state index is 6.07. The summed E-state index contributed by atoms with van der Waals surface area (Å²) in [5.41, 5.74) is 0.233. The summed E-state index contributed by atoms with van der Waals surface area (Å²) in [5, 5.41) is 3.60. The maximum absolute atomic E-state index is 6.07. The van der Waals surface area contributed by atoms with Gasteiger partial charge in [0.15, 0.2) is 5.96 Å². The molecule has 0 saturated carbocycles. The lowest BCUT2D eigenvalue weighted by atomic mass is 9.82. The van der Waals surface area contributed by atoms with Crippen LogP contribution in [-0.4, -0.2) is 75.3 Å². The molecule has 5 nitrogen and oxygen atoms in total. The van der Waals surface area contributed by atoms with Crippen LogP contribution in [0.5, 0.6) is 0 Å². The molecule has 23 heavy (non-hydrogen) atoms. The molecule has 134 valence electrons. The van der Waals surface area contributed by atoms with Gasteiger partial charge in [0.25, 0.3) is 0 Å². The molecule has 0 spiro atoms. The second kappa shape index (κ2) is 7.44. The van der Waals surface area contributed by atoms with Gasteiger partial charge >= 0.3 is 0 Å². The van der Waals surface area contributed by atoms with Gasteiger partial charge in [-0.05, 0) is 32.4 Å². The second-order valence-electron chi connectivity index (χ2n) is 8.33. The normalized spacial score (nSPS) is 33.1. The van der Waals surface area contributed by atoms with Gasteiger partial charge in [-0.15, -0.1) is 24.0 Å². The Morgan fingerprint density at radius 2 is 1.78 bits per heavy atom. The predicted octanol–water partition coefficient (Wildman–Crippen LogP) is 1.88. The first-order valence-corrected chi connectivity index (χ1v) is 8.65. The predicted molar refractivity (Wildman–Crippen MR) is 106 cm³/mol. The molecule has 1 N–H and O–H groups in total. The van der Waals surface area contributed by atoms with E-state index in [4.69, 9.17) is 4.74 Å². The molecule has 3 rings (SSSR count). The van der Waals surface area contributed by atoms with Crippen molar-refractivity contribution in [2.45, 2.75) is 38.9 Å². The van der Waals surface area contributed by atoms with Crippen LogP contribution in [0.2, 0.25) is 0 Å². The van der Waals surface area contributed by atoms with E-state index in [1.54, 1.807) is 0 Å². The topological polar surface area (TPSA) is 40.1 Å². The van der Waals surface area contributed by atoms with Gasteiger partial charge in [0, 0.05) is 45.1 Å². The van der Waals surface area contributed by atoms with E-state index < -0.39 is 0 Å². The summed E-state index contributed by atoms with van der Waals surface area (Å²) in [4.78, 5) is 9.23. The van der Waals surface area contributed by atoms with Gasteiger partial charge in [-0.25, -0.2) is 0 Å². The molecule has 3 heterocycles. The van der Waals surface area contributed by atoms with Crippen molar-refractivity contribution in [2.24, 2.45) is 22.2 Å². The third-order valence-electron chi connectivity index (χ3n) is 5.43. The summed E-state index contributed by atoms with van der Waals surface area (Å²) in [7, 11) is 6.17. The molecule has 6 heteroatoms. The van der Waals surface area contributed by atoms with Crippen molar-refractivity contribution in [3.8, 4) is 0 Å². The summed E-state index contributed by atoms with van der Waals surface area (Å²) in [6.45, 7) is 8.85. The van der Waals surface area contributed by atoms with Crippen LogP contribution >= 0.6 is 24.0 Å². The van der Waals surface area contributed by atoms with E-state index in [1.165, 1.54) is 12.8 Å². The summed E-state index contributed by atoms with van der Waals surface area (Å²) in [6, 6.07) is 0. The summed E-state index contributed by atoms with van der Waals surface area (Å²) in [5.74, 6) is 2.53. The number of hydrogen-bond donors (Lipinski definition) is 1. The zero-order chi connectivity index (χ0) is 15.9. The molecule has 4 unspecified atom stereocenters. The Morgan fingerprint density at radius 1 is 1.22 bits per heavy atom. The third kappa shape index (κ3) is 4.12. The summed E-state index contributed by atoms with van der Waals surface area (Å²) in [6.07, 6.45) is 3.56. The van der Waals surface area contributed by atoms with Crippen LogP contribution in [0, 0.1) is 17.3 Å². The highest BCUT2D eigenvalue weighted by Crippen LogP contribution is 2.47. The molecule has 0 aromatic heterocycles. The fourth-order valence-electron chi connectivity index (χ4n) is 4.70. The van der Waals surface area contributed by atoms with Crippen LogP contribution in [0.4, 0.5) is 0 Å². The van der Waals surface area contributed by atoms with Gasteiger partial charge < -0.3 is 19.9 Å². The number of rotatable bonds is 4. The quantitative estimate of drug-likeness (QED) is 0.415. The zero-order valence-corrected chi connectivity index (χ0v) is 17.5. The molecular formula is C17H33IN4O. The van der Waals surface area contributed by atoms with Crippen molar-refractivity contribution in [3.63, 3.8) is 0 Å². The molecule has 2 bridgehead atoms. The molecule has 3 saturated heterocycles. The zero-order valence-electron chi connectivity index (χ0n) is 15.2. The Labute approximate surface area is 158 Å². The second-order valence-corrected chi connectivity index (χ2v) is 8.33. The van der Waals surface area contributed by atoms with Crippen molar-refractivity contribution in [1.29, 1.82) is 0 Å². The first-order valence-electron chi connectivity index (χ1n) is 8.65. The number of guanidine groups is 1. The fraction of sp³-hybridized carbons (Fsp3) is 0.941. The number of ether oxygens (including phenoxy) is 1. The maximum Gasteiger partial charge on any atom is 0.193 e. The third-order valence-corrected chi connectivity index (χ3v) is 5.43. The minimum atomic E-state index is 0. The van der Waals surface area contributed by atoms with E-state index >= 15 is 0 Å². The molecule has 4 atom stereocenters. The van der Waals surface area contributed by atoms with E-state index in [0.29, 0.717) is 12.2 Å². The van der Waals surface area contributed by atoms with Crippen molar-refractivity contribution >= 4 is 29.9 Å². The fourth-order valence-corrected chi connectivity index (χ4v) is 4.70. The van der Waals surface area contributed by atoms with Crippen molar-refractivity contribution < 1.29 is 4.74 Å². The molecule has 3 aliphatic rings. The van der Waals surface area contributed by atoms with Crippen LogP contribution in [0.1, 0.15) is 26.7 Å². The van der Waals surface area contributed by atoms with Crippen LogP contribution in [0.3, 0.4) is 0 Å². The van der Waals surface area contributed by atoms with Gasteiger partial charge in [-0.3, -0.25) is 4.99 Å². The summed E-state index contributed by atoms with van der Waals surface area (Å²) >= 11 is 0. The number of nitrogens with one attached hydrogen (secondary N) is 1. The van der Waals surface area contributed by atoms with E-state index in [2.05, 4.69) is 48.1 Å². The van der Waals surface area contributed by atoms with Crippen molar-refractivity contribution in [1.82, 2.24) is 15.1 Å². The Bertz CT molecular complexity index is 422. The lowest BCUT2D eigenvalue weighted by molar-refractivity contribution is 0.0766. The molecule has 0 aromatic carbocycles.